The van der Waals surface area contributed by atoms with Crippen molar-refractivity contribution in [2.24, 2.45) is 0 Å². The van der Waals surface area contributed by atoms with E-state index in [1.165, 1.54) is 11.3 Å². The summed E-state index contributed by atoms with van der Waals surface area (Å²) in [6.45, 7) is 6.01. The summed E-state index contributed by atoms with van der Waals surface area (Å²) in [5.41, 5.74) is 6.59. The highest BCUT2D eigenvalue weighted by Gasteiger charge is 2.22. The summed E-state index contributed by atoms with van der Waals surface area (Å²) in [5, 5.41) is 12.3. The summed E-state index contributed by atoms with van der Waals surface area (Å²) in [6, 6.07) is 8.19. The molecule has 0 spiro atoms. The van der Waals surface area contributed by atoms with E-state index in [9.17, 15) is 0 Å². The van der Waals surface area contributed by atoms with Crippen molar-refractivity contribution < 1.29 is 18.9 Å². The van der Waals surface area contributed by atoms with Crippen LogP contribution >= 0.6 is 11.3 Å². The van der Waals surface area contributed by atoms with Crippen LogP contribution in [-0.2, 0) is 11.3 Å². The second kappa shape index (κ2) is 10.6. The Morgan fingerprint density at radius 2 is 1.78 bits per heavy atom. The summed E-state index contributed by atoms with van der Waals surface area (Å²) >= 11 is 1.46. The van der Waals surface area contributed by atoms with E-state index in [4.69, 9.17) is 23.9 Å². The summed E-state index contributed by atoms with van der Waals surface area (Å²) in [6.07, 6.45) is 0.959. The lowest BCUT2D eigenvalue weighted by molar-refractivity contribution is 0.123. The zero-order valence-corrected chi connectivity index (χ0v) is 21.7. The van der Waals surface area contributed by atoms with E-state index >= 15 is 0 Å². The Balaban J connectivity index is 1.69. The van der Waals surface area contributed by atoms with Crippen molar-refractivity contribution >= 4 is 38.9 Å². The van der Waals surface area contributed by atoms with Gasteiger partial charge < -0.3 is 33.7 Å². The predicted molar refractivity (Wildman–Crippen MR) is 141 cm³/mol. The molecule has 2 aromatic carbocycles. The molecule has 4 aromatic rings. The van der Waals surface area contributed by atoms with Gasteiger partial charge in [0.25, 0.3) is 0 Å². The minimum absolute atomic E-state index is 0.556. The zero-order valence-electron chi connectivity index (χ0n) is 20.9. The number of anilines is 3. The molecular formula is C25H30N6O4S. The quantitative estimate of drug-likeness (QED) is 0.347. The number of imidazole rings is 1. The molecule has 0 unspecified atom stereocenters. The number of methoxy groups -OCH3 is 3. The number of ether oxygens (including phenoxy) is 4. The number of fused-ring (bicyclic) bond motifs is 1. The van der Waals surface area contributed by atoms with Crippen LogP contribution in [0, 0.1) is 0 Å². The third kappa shape index (κ3) is 4.51. The average molecular weight is 511 g/mol. The van der Waals surface area contributed by atoms with Crippen LogP contribution in [0.3, 0.4) is 0 Å². The van der Waals surface area contributed by atoms with Crippen LogP contribution in [0.1, 0.15) is 13.3 Å². The van der Waals surface area contributed by atoms with Crippen molar-refractivity contribution in [3.8, 4) is 28.6 Å². The molecule has 11 heteroatoms. The molecule has 0 bridgehead atoms. The molecule has 0 atom stereocenters. The van der Waals surface area contributed by atoms with Crippen LogP contribution in [0.4, 0.5) is 16.5 Å². The van der Waals surface area contributed by atoms with Gasteiger partial charge >= 0.3 is 0 Å². The average Bonchev–Trinajstić information content (AvgIpc) is 3.56. The monoisotopic (exact) mass is 510 g/mol. The molecule has 10 nitrogen and oxygen atoms in total. The van der Waals surface area contributed by atoms with Crippen LogP contribution in [0.2, 0.25) is 0 Å². The molecule has 0 radical (unpaired) electrons. The highest BCUT2D eigenvalue weighted by atomic mass is 32.1. The molecule has 0 aliphatic carbocycles. The van der Waals surface area contributed by atoms with Gasteiger partial charge in [0.1, 0.15) is 11.3 Å². The maximum Gasteiger partial charge on any atom is 0.209 e. The first-order valence-electron chi connectivity index (χ1n) is 11.9. The van der Waals surface area contributed by atoms with Crippen LogP contribution < -0.4 is 24.4 Å². The van der Waals surface area contributed by atoms with E-state index in [0.29, 0.717) is 30.5 Å². The van der Waals surface area contributed by atoms with Crippen molar-refractivity contribution in [3.05, 3.63) is 29.8 Å². The van der Waals surface area contributed by atoms with Gasteiger partial charge in [-0.3, -0.25) is 0 Å². The standard InChI is InChI=1S/C25H30N6O4S/c1-5-6-31-20-14-19(30-7-9-35-10-8-30)17(28-25-29-26-15-36-25)13-18(20)27-24(31)16-11-21(32-2)23(34-4)22(12-16)33-3/h11-15H,5-10H2,1-4H3,(H,28,29). The van der Waals surface area contributed by atoms with Gasteiger partial charge in [0, 0.05) is 25.2 Å². The fraction of sp³-hybridized carbons (Fsp3) is 0.400. The van der Waals surface area contributed by atoms with Gasteiger partial charge in [-0.25, -0.2) is 4.98 Å². The number of benzene rings is 2. The molecule has 0 saturated carbocycles. The molecule has 36 heavy (non-hydrogen) atoms. The lowest BCUT2D eigenvalue weighted by Gasteiger charge is -2.30. The van der Waals surface area contributed by atoms with Crippen LogP contribution in [-0.4, -0.2) is 67.4 Å². The Morgan fingerprint density at radius 3 is 2.39 bits per heavy atom. The molecule has 1 N–H and O–H groups in total. The first kappa shape index (κ1) is 24.1. The van der Waals surface area contributed by atoms with Gasteiger partial charge in [-0.05, 0) is 30.7 Å². The molecule has 1 fully saturated rings. The van der Waals surface area contributed by atoms with Gasteiger partial charge in [-0.2, -0.15) is 0 Å². The Bertz CT molecular complexity index is 1310. The molecule has 0 amide bonds. The summed E-state index contributed by atoms with van der Waals surface area (Å²) < 4.78 is 24.6. The number of hydrogen-bond donors (Lipinski definition) is 1. The fourth-order valence-corrected chi connectivity index (χ4v) is 5.01. The zero-order chi connectivity index (χ0) is 25.1. The topological polar surface area (TPSA) is 95.8 Å². The molecule has 1 saturated heterocycles. The molecular weight excluding hydrogens is 480 g/mol. The van der Waals surface area contributed by atoms with Gasteiger partial charge in [-0.1, -0.05) is 18.3 Å². The second-order valence-electron chi connectivity index (χ2n) is 8.33. The SMILES string of the molecule is CCCn1c(-c2cc(OC)c(OC)c(OC)c2)nc2cc(Nc3nncs3)c(N3CCOCC3)cc21. The van der Waals surface area contributed by atoms with Crippen LogP contribution in [0.15, 0.2) is 29.8 Å². The summed E-state index contributed by atoms with van der Waals surface area (Å²) in [4.78, 5) is 7.42. The third-order valence-corrected chi connectivity index (χ3v) is 6.80. The van der Waals surface area contributed by atoms with Gasteiger partial charge in [-0.15, -0.1) is 10.2 Å². The Kier molecular flexibility index (Phi) is 7.10. The lowest BCUT2D eigenvalue weighted by Crippen LogP contribution is -2.36. The van der Waals surface area contributed by atoms with Gasteiger partial charge in [0.05, 0.1) is 57.0 Å². The molecule has 190 valence electrons. The highest BCUT2D eigenvalue weighted by Crippen LogP contribution is 2.42. The number of nitrogens with zero attached hydrogens (tertiary/aromatic N) is 5. The molecule has 3 heterocycles. The first-order chi connectivity index (χ1) is 17.7. The second-order valence-corrected chi connectivity index (χ2v) is 9.16. The Morgan fingerprint density at radius 1 is 1.03 bits per heavy atom. The smallest absolute Gasteiger partial charge is 0.209 e. The molecule has 1 aliphatic heterocycles. The fourth-order valence-electron chi connectivity index (χ4n) is 4.55. The number of nitrogens with one attached hydrogen (secondary N) is 1. The lowest BCUT2D eigenvalue weighted by atomic mass is 10.1. The molecule has 5 rings (SSSR count). The normalized spacial score (nSPS) is 13.7. The van der Waals surface area contributed by atoms with E-state index in [0.717, 1.165) is 65.0 Å². The molecule has 2 aromatic heterocycles. The van der Waals surface area contributed by atoms with E-state index in [-0.39, 0.29) is 0 Å². The van der Waals surface area contributed by atoms with Gasteiger partial charge in [0.2, 0.25) is 10.9 Å². The third-order valence-electron chi connectivity index (χ3n) is 6.19. The van der Waals surface area contributed by atoms with Crippen molar-refractivity contribution in [3.63, 3.8) is 0 Å². The van der Waals surface area contributed by atoms with Crippen molar-refractivity contribution in [1.82, 2.24) is 19.7 Å². The summed E-state index contributed by atoms with van der Waals surface area (Å²) in [7, 11) is 4.85. The maximum atomic E-state index is 5.61. The number of rotatable bonds is 9. The van der Waals surface area contributed by atoms with Crippen molar-refractivity contribution in [1.29, 1.82) is 0 Å². The predicted octanol–water partition coefficient (Wildman–Crippen LogP) is 4.57. The van der Waals surface area contributed by atoms with Gasteiger partial charge in [0.15, 0.2) is 11.5 Å². The highest BCUT2D eigenvalue weighted by molar-refractivity contribution is 7.13. The first-order valence-corrected chi connectivity index (χ1v) is 12.7. The Labute approximate surface area is 213 Å². The number of aryl methyl sites for hydroxylation is 1. The van der Waals surface area contributed by atoms with Crippen LogP contribution in [0.25, 0.3) is 22.4 Å². The summed E-state index contributed by atoms with van der Waals surface area (Å²) in [5.74, 6) is 2.58. The largest absolute Gasteiger partial charge is 0.493 e. The van der Waals surface area contributed by atoms with E-state index < -0.39 is 0 Å². The van der Waals surface area contributed by atoms with E-state index in [1.807, 2.05) is 12.1 Å². The maximum absolute atomic E-state index is 5.61. The van der Waals surface area contributed by atoms with E-state index in [2.05, 4.69) is 44.0 Å². The minimum atomic E-state index is 0.556. The van der Waals surface area contributed by atoms with E-state index in [1.54, 1.807) is 26.8 Å². The molecule has 1 aliphatic rings. The van der Waals surface area contributed by atoms with Crippen molar-refractivity contribution in [2.45, 2.75) is 19.9 Å². The van der Waals surface area contributed by atoms with Crippen molar-refractivity contribution in [2.75, 3.05) is 57.8 Å². The minimum Gasteiger partial charge on any atom is -0.493 e. The number of morpholine rings is 1. The van der Waals surface area contributed by atoms with Crippen LogP contribution in [0.5, 0.6) is 17.2 Å². The number of hydrogen-bond acceptors (Lipinski definition) is 10. The Hall–Kier alpha value is -3.57. The number of aromatic nitrogens is 4.